The first-order valence-corrected chi connectivity index (χ1v) is 12.3. The lowest BCUT2D eigenvalue weighted by Crippen LogP contribution is -2.53. The van der Waals surface area contributed by atoms with Crippen molar-refractivity contribution in [2.75, 3.05) is 26.9 Å². The quantitative estimate of drug-likeness (QED) is 0.392. The highest BCUT2D eigenvalue weighted by Crippen LogP contribution is 2.35. The number of amides is 1. The molecule has 0 radical (unpaired) electrons. The molecular weight excluding hydrogens is 446 g/mol. The van der Waals surface area contributed by atoms with E-state index in [2.05, 4.69) is 0 Å². The summed E-state index contributed by atoms with van der Waals surface area (Å²) < 4.78 is 40.6. The molecule has 3 rings (SSSR count). The normalized spacial score (nSPS) is 15.5. The van der Waals surface area contributed by atoms with Gasteiger partial charge in [0.25, 0.3) is 0 Å². The smallest absolute Gasteiger partial charge is 0.239 e. The molecule has 0 saturated carbocycles. The van der Waals surface area contributed by atoms with Crippen molar-refractivity contribution in [2.45, 2.75) is 41.7 Å². The average Bonchev–Trinajstić information content (AvgIpc) is 2.84. The van der Waals surface area contributed by atoms with Crippen LogP contribution in [0.3, 0.4) is 0 Å². The molecule has 1 fully saturated rings. The molecule has 0 atom stereocenters. The van der Waals surface area contributed by atoms with E-state index in [1.807, 2.05) is 0 Å². The minimum absolute atomic E-state index is 0.0284. The van der Waals surface area contributed by atoms with Gasteiger partial charge in [0.2, 0.25) is 5.91 Å². The van der Waals surface area contributed by atoms with Gasteiger partial charge in [-0.15, -0.1) is 0 Å². The molecule has 0 spiro atoms. The lowest BCUT2D eigenvalue weighted by atomic mass is 9.98. The third-order valence-corrected chi connectivity index (χ3v) is 8.41. The fraction of sp³-hybridized carbons (Fsp3) is 0.417. The second-order valence-electron chi connectivity index (χ2n) is 7.90. The SMILES string of the molecule is COc1ccc(C(=O)CCCCOc2ccc(S(=O)(=O)C3(C(N)=O)CCOCC3)cc2)cc1. The second kappa shape index (κ2) is 10.8. The van der Waals surface area contributed by atoms with Gasteiger partial charge in [0.1, 0.15) is 11.5 Å². The maximum atomic E-state index is 13.1. The molecule has 2 N–H and O–H groups in total. The van der Waals surface area contributed by atoms with Crippen molar-refractivity contribution in [1.29, 1.82) is 0 Å². The Morgan fingerprint density at radius 2 is 1.58 bits per heavy atom. The first-order valence-electron chi connectivity index (χ1n) is 10.8. The molecule has 2 aromatic rings. The maximum Gasteiger partial charge on any atom is 0.239 e. The zero-order chi connectivity index (χ0) is 23.9. The molecule has 1 amide bonds. The number of ether oxygens (including phenoxy) is 3. The van der Waals surface area contributed by atoms with Crippen molar-refractivity contribution in [3.8, 4) is 11.5 Å². The van der Waals surface area contributed by atoms with Crippen LogP contribution in [0.2, 0.25) is 0 Å². The Balaban J connectivity index is 1.50. The number of unbranched alkanes of at least 4 members (excludes halogenated alkanes) is 1. The van der Waals surface area contributed by atoms with Crippen molar-refractivity contribution < 1.29 is 32.2 Å². The van der Waals surface area contributed by atoms with Gasteiger partial charge in [-0.05, 0) is 74.2 Å². The number of Topliss-reactive ketones (excluding diaryl/α,β-unsaturated/α-hetero) is 1. The van der Waals surface area contributed by atoms with Crippen molar-refractivity contribution in [3.05, 3.63) is 54.1 Å². The van der Waals surface area contributed by atoms with Gasteiger partial charge in [0, 0.05) is 25.2 Å². The predicted octanol–water partition coefficient (Wildman–Crippen LogP) is 2.94. The number of carbonyl (C=O) groups excluding carboxylic acids is 2. The number of hydrogen-bond donors (Lipinski definition) is 1. The van der Waals surface area contributed by atoms with E-state index in [1.165, 1.54) is 12.1 Å². The summed E-state index contributed by atoms with van der Waals surface area (Å²) in [5, 5.41) is 0. The highest BCUT2D eigenvalue weighted by molar-refractivity contribution is 7.93. The van der Waals surface area contributed by atoms with E-state index < -0.39 is 20.5 Å². The number of sulfone groups is 1. The molecule has 8 nitrogen and oxygen atoms in total. The average molecular weight is 476 g/mol. The number of ketones is 1. The number of benzene rings is 2. The first-order chi connectivity index (χ1) is 15.8. The molecule has 0 aromatic heterocycles. The van der Waals surface area contributed by atoms with Gasteiger partial charge in [-0.2, -0.15) is 0 Å². The summed E-state index contributed by atoms with van der Waals surface area (Å²) in [6.45, 7) is 0.735. The van der Waals surface area contributed by atoms with Gasteiger partial charge < -0.3 is 19.9 Å². The van der Waals surface area contributed by atoms with Gasteiger partial charge in [-0.3, -0.25) is 9.59 Å². The molecular formula is C24H29NO7S. The minimum atomic E-state index is -3.96. The van der Waals surface area contributed by atoms with E-state index in [0.29, 0.717) is 42.9 Å². The number of hydrogen-bond acceptors (Lipinski definition) is 7. The van der Waals surface area contributed by atoms with Crippen LogP contribution in [0.1, 0.15) is 42.5 Å². The topological polar surface area (TPSA) is 122 Å². The zero-order valence-corrected chi connectivity index (χ0v) is 19.4. The standard InChI is InChI=1S/C24H29NO7S/c1-30-19-7-5-18(6-8-19)22(26)4-2-3-15-32-20-9-11-21(12-10-20)33(28,29)24(23(25)27)13-16-31-17-14-24/h5-12H,2-4,13-17H2,1H3,(H2,25,27). The second-order valence-corrected chi connectivity index (χ2v) is 10.2. The summed E-state index contributed by atoms with van der Waals surface area (Å²) in [5.74, 6) is 0.422. The van der Waals surface area contributed by atoms with Crippen molar-refractivity contribution in [3.63, 3.8) is 0 Å². The lowest BCUT2D eigenvalue weighted by molar-refractivity contribution is -0.122. The number of nitrogens with two attached hydrogens (primary N) is 1. The third kappa shape index (κ3) is 5.54. The van der Waals surface area contributed by atoms with Crippen LogP contribution in [0, 0.1) is 0 Å². The molecule has 2 aromatic carbocycles. The molecule has 9 heteroatoms. The van der Waals surface area contributed by atoms with Gasteiger partial charge >= 0.3 is 0 Å². The summed E-state index contributed by atoms with van der Waals surface area (Å²) in [7, 11) is -2.39. The fourth-order valence-corrected chi connectivity index (χ4v) is 5.70. The van der Waals surface area contributed by atoms with Crippen molar-refractivity contribution in [2.24, 2.45) is 5.73 Å². The van der Waals surface area contributed by atoms with Crippen LogP contribution >= 0.6 is 0 Å². The molecule has 0 aliphatic carbocycles. The van der Waals surface area contributed by atoms with Gasteiger partial charge in [0.05, 0.1) is 18.6 Å². The summed E-state index contributed by atoms with van der Waals surface area (Å²) in [6, 6.07) is 13.0. The number of carbonyl (C=O) groups is 2. The molecule has 1 saturated heterocycles. The summed E-state index contributed by atoms with van der Waals surface area (Å²) >= 11 is 0. The van der Waals surface area contributed by atoms with Gasteiger partial charge in [0.15, 0.2) is 20.4 Å². The van der Waals surface area contributed by atoms with E-state index >= 15 is 0 Å². The van der Waals surface area contributed by atoms with E-state index in [9.17, 15) is 18.0 Å². The number of primary amides is 1. The summed E-state index contributed by atoms with van der Waals surface area (Å²) in [4.78, 5) is 24.3. The third-order valence-electron chi connectivity index (χ3n) is 5.88. The van der Waals surface area contributed by atoms with E-state index in [-0.39, 0.29) is 36.7 Å². The van der Waals surface area contributed by atoms with Crippen LogP contribution < -0.4 is 15.2 Å². The fourth-order valence-electron chi connectivity index (χ4n) is 3.79. The minimum Gasteiger partial charge on any atom is -0.497 e. The largest absolute Gasteiger partial charge is 0.497 e. The highest BCUT2D eigenvalue weighted by Gasteiger charge is 2.51. The Kier molecular flexibility index (Phi) is 8.10. The van der Waals surface area contributed by atoms with Crippen LogP contribution in [0.4, 0.5) is 0 Å². The maximum absolute atomic E-state index is 13.1. The first kappa shape index (κ1) is 24.7. The summed E-state index contributed by atoms with van der Waals surface area (Å²) in [5.41, 5.74) is 6.14. The van der Waals surface area contributed by atoms with E-state index in [0.717, 1.165) is 0 Å². The molecule has 1 aliphatic heterocycles. The molecule has 178 valence electrons. The molecule has 1 heterocycles. The zero-order valence-electron chi connectivity index (χ0n) is 18.6. The molecule has 33 heavy (non-hydrogen) atoms. The van der Waals surface area contributed by atoms with E-state index in [1.54, 1.807) is 43.5 Å². The lowest BCUT2D eigenvalue weighted by Gasteiger charge is -2.33. The van der Waals surface area contributed by atoms with Crippen LogP contribution in [0.5, 0.6) is 11.5 Å². The monoisotopic (exact) mass is 475 g/mol. The van der Waals surface area contributed by atoms with E-state index in [4.69, 9.17) is 19.9 Å². The molecule has 0 unspecified atom stereocenters. The Hall–Kier alpha value is -2.91. The van der Waals surface area contributed by atoms with Gasteiger partial charge in [-0.1, -0.05) is 0 Å². The Morgan fingerprint density at radius 1 is 0.970 bits per heavy atom. The Morgan fingerprint density at radius 3 is 2.15 bits per heavy atom. The van der Waals surface area contributed by atoms with Crippen LogP contribution in [0.15, 0.2) is 53.4 Å². The number of rotatable bonds is 11. The molecule has 0 bridgehead atoms. The number of methoxy groups -OCH3 is 1. The highest BCUT2D eigenvalue weighted by atomic mass is 32.2. The van der Waals surface area contributed by atoms with Crippen LogP contribution in [0.25, 0.3) is 0 Å². The van der Waals surface area contributed by atoms with Crippen molar-refractivity contribution >= 4 is 21.5 Å². The van der Waals surface area contributed by atoms with Crippen LogP contribution in [-0.4, -0.2) is 51.8 Å². The van der Waals surface area contributed by atoms with Crippen LogP contribution in [-0.2, 0) is 19.4 Å². The molecule has 1 aliphatic rings. The predicted molar refractivity (Wildman–Crippen MR) is 122 cm³/mol. The Labute approximate surface area is 193 Å². The van der Waals surface area contributed by atoms with Crippen molar-refractivity contribution in [1.82, 2.24) is 0 Å². The Bertz CT molecular complexity index is 1060. The van der Waals surface area contributed by atoms with Gasteiger partial charge in [-0.25, -0.2) is 8.42 Å². The summed E-state index contributed by atoms with van der Waals surface area (Å²) in [6.07, 6.45) is 1.83.